The van der Waals surface area contributed by atoms with Crippen LogP contribution in [0.2, 0.25) is 0 Å². The summed E-state index contributed by atoms with van der Waals surface area (Å²) in [4.78, 5) is 27.2. The molecule has 2 heterocycles. The van der Waals surface area contributed by atoms with Gasteiger partial charge in [-0.2, -0.15) is 11.3 Å². The van der Waals surface area contributed by atoms with Crippen LogP contribution in [0.25, 0.3) is 0 Å². The summed E-state index contributed by atoms with van der Waals surface area (Å²) in [6, 6.07) is 7.78. The van der Waals surface area contributed by atoms with Gasteiger partial charge in [-0.15, -0.1) is 11.8 Å². The molecule has 1 N–H and O–H groups in total. The van der Waals surface area contributed by atoms with Gasteiger partial charge in [0, 0.05) is 11.3 Å². The van der Waals surface area contributed by atoms with E-state index in [0.29, 0.717) is 6.42 Å². The number of hydrogen-bond acceptors (Lipinski definition) is 6. The van der Waals surface area contributed by atoms with Gasteiger partial charge in [-0.05, 0) is 63.8 Å². The Labute approximate surface area is 193 Å². The van der Waals surface area contributed by atoms with Gasteiger partial charge in [0.2, 0.25) is 0 Å². The van der Waals surface area contributed by atoms with Gasteiger partial charge in [0.1, 0.15) is 5.60 Å². The number of thioether (sulfide) groups is 1. The second-order valence-corrected chi connectivity index (χ2v) is 11.6. The van der Waals surface area contributed by atoms with E-state index < -0.39 is 16.8 Å². The van der Waals surface area contributed by atoms with E-state index in [2.05, 4.69) is 32.2 Å². The second kappa shape index (κ2) is 9.47. The number of rotatable bonds is 7. The second-order valence-electron chi connectivity index (χ2n) is 9.65. The number of hydrogen-bond donors (Lipinski definition) is 1. The molecule has 0 radical (unpaired) electrons. The predicted octanol–water partition coefficient (Wildman–Crippen LogP) is 5.54. The molecule has 2 atom stereocenters. The standard InChI is InChI=1S/C25H32O4S2/c1-16(2)25(10-8-17-9-11-30-15-17)13-20(27)22(23(28)29-25)31-21-7-6-18(14-26)12-19(21)24(3,4)5/h6-7,9,11-12,15-16,22,26H,8,10,13-14H2,1-5H3. The van der Waals surface area contributed by atoms with Crippen molar-refractivity contribution in [2.75, 3.05) is 0 Å². The molecule has 168 valence electrons. The van der Waals surface area contributed by atoms with Crippen LogP contribution >= 0.6 is 23.1 Å². The molecule has 1 saturated heterocycles. The molecule has 1 aromatic carbocycles. The Balaban J connectivity index is 1.81. The maximum atomic E-state index is 13.2. The molecule has 4 nitrogen and oxygen atoms in total. The maximum absolute atomic E-state index is 13.2. The third kappa shape index (κ3) is 5.41. The lowest BCUT2D eigenvalue weighted by Gasteiger charge is -2.41. The fourth-order valence-corrected chi connectivity index (χ4v) is 5.91. The molecule has 0 amide bonds. The molecule has 6 heteroatoms. The van der Waals surface area contributed by atoms with Crippen molar-refractivity contribution in [3.05, 3.63) is 51.7 Å². The van der Waals surface area contributed by atoms with Gasteiger partial charge in [0.15, 0.2) is 11.0 Å². The zero-order valence-corrected chi connectivity index (χ0v) is 20.6. The van der Waals surface area contributed by atoms with Crippen molar-refractivity contribution < 1.29 is 19.4 Å². The minimum Gasteiger partial charge on any atom is -0.457 e. The van der Waals surface area contributed by atoms with Gasteiger partial charge in [0.25, 0.3) is 0 Å². The van der Waals surface area contributed by atoms with Crippen molar-refractivity contribution in [3.8, 4) is 0 Å². The molecule has 2 unspecified atom stereocenters. The fraction of sp³-hybridized carbons (Fsp3) is 0.520. The van der Waals surface area contributed by atoms with E-state index >= 15 is 0 Å². The first-order valence-electron chi connectivity index (χ1n) is 10.7. The number of ketones is 1. The van der Waals surface area contributed by atoms with E-state index in [-0.39, 0.29) is 30.1 Å². The van der Waals surface area contributed by atoms with E-state index in [1.54, 1.807) is 11.3 Å². The summed E-state index contributed by atoms with van der Waals surface area (Å²) in [6.45, 7) is 10.3. The highest BCUT2D eigenvalue weighted by atomic mass is 32.2. The van der Waals surface area contributed by atoms with E-state index in [1.165, 1.54) is 17.3 Å². The lowest BCUT2D eigenvalue weighted by molar-refractivity contribution is -0.176. The molecular formula is C25H32O4S2. The Hall–Kier alpha value is -1.63. The third-order valence-corrected chi connectivity index (χ3v) is 8.07. The van der Waals surface area contributed by atoms with Gasteiger partial charge in [-0.25, -0.2) is 0 Å². The highest BCUT2D eigenvalue weighted by Crippen LogP contribution is 2.42. The van der Waals surface area contributed by atoms with Gasteiger partial charge in [-0.1, -0.05) is 46.8 Å². The summed E-state index contributed by atoms with van der Waals surface area (Å²) in [5.74, 6) is -0.448. The lowest BCUT2D eigenvalue weighted by Crippen LogP contribution is -2.52. The molecule has 3 rings (SSSR count). The Kier molecular flexibility index (Phi) is 7.34. The molecule has 0 saturated carbocycles. The summed E-state index contributed by atoms with van der Waals surface area (Å²) in [6.07, 6.45) is 1.68. The van der Waals surface area contributed by atoms with Crippen LogP contribution in [-0.2, 0) is 32.8 Å². The maximum Gasteiger partial charge on any atom is 0.327 e. The third-order valence-electron chi connectivity index (χ3n) is 6.03. The number of thiophene rings is 1. The van der Waals surface area contributed by atoms with E-state index in [9.17, 15) is 14.7 Å². The molecule has 31 heavy (non-hydrogen) atoms. The topological polar surface area (TPSA) is 63.6 Å². The molecule has 1 fully saturated rings. The van der Waals surface area contributed by atoms with Gasteiger partial charge in [-0.3, -0.25) is 9.59 Å². The van der Waals surface area contributed by atoms with E-state index in [4.69, 9.17) is 4.74 Å². The number of Topliss-reactive ketones (excluding diaryl/α,β-unsaturated/α-hetero) is 1. The van der Waals surface area contributed by atoms with Gasteiger partial charge in [0.05, 0.1) is 6.61 Å². The van der Waals surface area contributed by atoms with Gasteiger partial charge >= 0.3 is 5.97 Å². The van der Waals surface area contributed by atoms with Crippen LogP contribution < -0.4 is 0 Å². The van der Waals surface area contributed by atoms with Crippen LogP contribution in [-0.4, -0.2) is 27.7 Å². The smallest absolute Gasteiger partial charge is 0.327 e. The zero-order chi connectivity index (χ0) is 22.8. The van der Waals surface area contributed by atoms with Crippen molar-refractivity contribution in [1.82, 2.24) is 0 Å². The van der Waals surface area contributed by atoms with Crippen molar-refractivity contribution in [1.29, 1.82) is 0 Å². The number of ether oxygens (including phenoxy) is 1. The summed E-state index contributed by atoms with van der Waals surface area (Å²) < 4.78 is 6.04. The Bertz CT molecular complexity index is 907. The highest BCUT2D eigenvalue weighted by Gasteiger charge is 2.49. The number of aryl methyl sites for hydroxylation is 1. The van der Waals surface area contributed by atoms with Crippen LogP contribution in [0, 0.1) is 5.92 Å². The molecule has 2 aromatic rings. The average molecular weight is 461 g/mol. The van der Waals surface area contributed by atoms with E-state index in [0.717, 1.165) is 22.4 Å². The molecule has 1 aromatic heterocycles. The van der Waals surface area contributed by atoms with Crippen LogP contribution in [0.5, 0.6) is 0 Å². The number of aliphatic hydroxyl groups is 1. The summed E-state index contributed by atoms with van der Waals surface area (Å²) in [7, 11) is 0. The molecule has 1 aliphatic heterocycles. The fourth-order valence-electron chi connectivity index (χ4n) is 3.96. The molecular weight excluding hydrogens is 428 g/mol. The van der Waals surface area contributed by atoms with Crippen molar-refractivity contribution >= 4 is 34.9 Å². The summed E-state index contributed by atoms with van der Waals surface area (Å²) in [5.41, 5.74) is 2.11. The average Bonchev–Trinajstić information content (AvgIpc) is 3.22. The normalized spacial score (nSPS) is 22.1. The van der Waals surface area contributed by atoms with Crippen LogP contribution in [0.1, 0.15) is 64.2 Å². The van der Waals surface area contributed by atoms with Gasteiger partial charge < -0.3 is 9.84 Å². The Morgan fingerprint density at radius 1 is 1.23 bits per heavy atom. The minimum atomic E-state index is -0.853. The van der Waals surface area contributed by atoms with Crippen molar-refractivity contribution in [2.24, 2.45) is 5.92 Å². The zero-order valence-electron chi connectivity index (χ0n) is 18.9. The quantitative estimate of drug-likeness (QED) is 0.434. The predicted molar refractivity (Wildman–Crippen MR) is 127 cm³/mol. The molecule has 0 aliphatic carbocycles. The first kappa shape index (κ1) is 24.0. The Morgan fingerprint density at radius 3 is 2.52 bits per heavy atom. The molecule has 0 spiro atoms. The first-order chi connectivity index (χ1) is 14.6. The largest absolute Gasteiger partial charge is 0.457 e. The molecule has 1 aliphatic rings. The number of aliphatic hydroxyl groups excluding tert-OH is 1. The van der Waals surface area contributed by atoms with E-state index in [1.807, 2.05) is 37.4 Å². The highest BCUT2D eigenvalue weighted by molar-refractivity contribution is 8.01. The number of carbonyl (C=O) groups excluding carboxylic acids is 2. The monoisotopic (exact) mass is 460 g/mol. The van der Waals surface area contributed by atoms with Crippen LogP contribution in [0.4, 0.5) is 0 Å². The minimum absolute atomic E-state index is 0.0422. The summed E-state index contributed by atoms with van der Waals surface area (Å²) in [5, 5.41) is 12.8. The molecule has 0 bridgehead atoms. The SMILES string of the molecule is CC(C)C1(CCc2ccsc2)CC(=O)C(Sc2ccc(CO)cc2C(C)(C)C)C(=O)O1. The lowest BCUT2D eigenvalue weighted by atomic mass is 9.78. The number of benzene rings is 1. The van der Waals surface area contributed by atoms with Crippen LogP contribution in [0.3, 0.4) is 0 Å². The number of cyclic esters (lactones) is 1. The number of carbonyl (C=O) groups is 2. The van der Waals surface area contributed by atoms with Crippen molar-refractivity contribution in [3.63, 3.8) is 0 Å². The number of esters is 1. The summed E-state index contributed by atoms with van der Waals surface area (Å²) >= 11 is 2.93. The Morgan fingerprint density at radius 2 is 1.97 bits per heavy atom. The first-order valence-corrected chi connectivity index (χ1v) is 12.6. The van der Waals surface area contributed by atoms with Crippen LogP contribution in [0.15, 0.2) is 39.9 Å². The van der Waals surface area contributed by atoms with Crippen molar-refractivity contribution in [2.45, 2.75) is 81.6 Å².